The fourth-order valence-electron chi connectivity index (χ4n) is 1.58. The highest BCUT2D eigenvalue weighted by atomic mass is 32.2. The van der Waals surface area contributed by atoms with E-state index < -0.39 is 0 Å². The Bertz CT molecular complexity index is 508. The van der Waals surface area contributed by atoms with Crippen LogP contribution in [0.25, 0.3) is 0 Å². The van der Waals surface area contributed by atoms with Crippen LogP contribution < -0.4 is 0 Å². The highest BCUT2D eigenvalue weighted by Crippen LogP contribution is 2.16. The number of thioether (sulfide) groups is 1. The van der Waals surface area contributed by atoms with E-state index in [2.05, 4.69) is 11.9 Å². The SMILES string of the molecule is CCc1ccc(C(=O)CSc2ccccn2)cc1. The molecule has 3 heteroatoms. The van der Waals surface area contributed by atoms with Gasteiger partial charge in [0.05, 0.1) is 10.8 Å². The molecule has 92 valence electrons. The van der Waals surface area contributed by atoms with Crippen LogP contribution in [-0.4, -0.2) is 16.5 Å². The van der Waals surface area contributed by atoms with Crippen molar-refractivity contribution in [2.24, 2.45) is 0 Å². The van der Waals surface area contributed by atoms with Crippen molar-refractivity contribution in [1.82, 2.24) is 4.98 Å². The molecule has 0 aliphatic carbocycles. The number of hydrogen-bond acceptors (Lipinski definition) is 3. The molecule has 0 saturated heterocycles. The van der Waals surface area contributed by atoms with Crippen LogP contribution in [0.4, 0.5) is 0 Å². The van der Waals surface area contributed by atoms with Crippen LogP contribution in [0.2, 0.25) is 0 Å². The van der Waals surface area contributed by atoms with Crippen molar-refractivity contribution in [2.45, 2.75) is 18.4 Å². The number of aromatic nitrogens is 1. The number of ketones is 1. The summed E-state index contributed by atoms with van der Waals surface area (Å²) in [4.78, 5) is 16.2. The van der Waals surface area contributed by atoms with Gasteiger partial charge in [-0.25, -0.2) is 4.98 Å². The lowest BCUT2D eigenvalue weighted by molar-refractivity contribution is 0.102. The summed E-state index contributed by atoms with van der Waals surface area (Å²) in [7, 11) is 0. The Kier molecular flexibility index (Phi) is 4.53. The van der Waals surface area contributed by atoms with E-state index in [1.807, 2.05) is 42.5 Å². The van der Waals surface area contributed by atoms with Crippen molar-refractivity contribution in [1.29, 1.82) is 0 Å². The molecule has 0 bridgehead atoms. The maximum Gasteiger partial charge on any atom is 0.173 e. The largest absolute Gasteiger partial charge is 0.293 e. The van der Waals surface area contributed by atoms with Gasteiger partial charge in [-0.15, -0.1) is 0 Å². The number of rotatable bonds is 5. The van der Waals surface area contributed by atoms with Crippen LogP contribution in [0.3, 0.4) is 0 Å². The molecule has 0 amide bonds. The molecular weight excluding hydrogens is 242 g/mol. The first-order chi connectivity index (χ1) is 8.79. The third-order valence-corrected chi connectivity index (χ3v) is 3.62. The molecule has 2 rings (SSSR count). The summed E-state index contributed by atoms with van der Waals surface area (Å²) in [6, 6.07) is 13.5. The first-order valence-corrected chi connectivity index (χ1v) is 6.94. The zero-order chi connectivity index (χ0) is 12.8. The van der Waals surface area contributed by atoms with Crippen molar-refractivity contribution < 1.29 is 4.79 Å². The van der Waals surface area contributed by atoms with E-state index in [1.54, 1.807) is 6.20 Å². The predicted molar refractivity (Wildman–Crippen MR) is 75.1 cm³/mol. The van der Waals surface area contributed by atoms with Gasteiger partial charge < -0.3 is 0 Å². The maximum absolute atomic E-state index is 12.0. The molecule has 18 heavy (non-hydrogen) atoms. The van der Waals surface area contributed by atoms with Crippen LogP contribution in [0.1, 0.15) is 22.8 Å². The standard InChI is InChI=1S/C15H15NOS/c1-2-12-6-8-13(9-7-12)14(17)11-18-15-5-3-4-10-16-15/h3-10H,2,11H2,1H3. The van der Waals surface area contributed by atoms with Gasteiger partial charge in [0.2, 0.25) is 0 Å². The minimum atomic E-state index is 0.147. The number of aryl methyl sites for hydroxylation is 1. The molecule has 0 aliphatic rings. The highest BCUT2D eigenvalue weighted by molar-refractivity contribution is 7.99. The smallest absolute Gasteiger partial charge is 0.173 e. The molecular formula is C15H15NOS. The van der Waals surface area contributed by atoms with E-state index in [1.165, 1.54) is 17.3 Å². The van der Waals surface area contributed by atoms with Crippen LogP contribution in [0.15, 0.2) is 53.7 Å². The summed E-state index contributed by atoms with van der Waals surface area (Å²) < 4.78 is 0. The lowest BCUT2D eigenvalue weighted by atomic mass is 10.1. The minimum absolute atomic E-state index is 0.147. The summed E-state index contributed by atoms with van der Waals surface area (Å²) in [6.45, 7) is 2.10. The Labute approximate surface area is 111 Å². The molecule has 1 aromatic heterocycles. The van der Waals surface area contributed by atoms with Gasteiger partial charge in [-0.2, -0.15) is 0 Å². The number of pyridine rings is 1. The summed E-state index contributed by atoms with van der Waals surface area (Å²) in [6.07, 6.45) is 2.74. The summed E-state index contributed by atoms with van der Waals surface area (Å²) in [5, 5.41) is 0.885. The molecule has 0 radical (unpaired) electrons. The molecule has 0 N–H and O–H groups in total. The molecule has 0 atom stereocenters. The second-order valence-corrected chi connectivity index (χ2v) is 4.93. The first-order valence-electron chi connectivity index (χ1n) is 5.95. The molecule has 0 unspecified atom stereocenters. The summed E-state index contributed by atoms with van der Waals surface area (Å²) in [5.74, 6) is 0.580. The van der Waals surface area contributed by atoms with E-state index in [0.717, 1.165) is 17.0 Å². The van der Waals surface area contributed by atoms with Gasteiger partial charge in [-0.3, -0.25) is 4.79 Å². The average Bonchev–Trinajstić information content (AvgIpc) is 2.46. The summed E-state index contributed by atoms with van der Waals surface area (Å²) in [5.41, 5.74) is 2.03. The van der Waals surface area contributed by atoms with Crippen LogP contribution in [0, 0.1) is 0 Å². The van der Waals surface area contributed by atoms with E-state index in [-0.39, 0.29) is 5.78 Å². The van der Waals surface area contributed by atoms with E-state index in [9.17, 15) is 4.79 Å². The molecule has 2 nitrogen and oxygen atoms in total. The van der Waals surface area contributed by atoms with Crippen molar-refractivity contribution in [3.8, 4) is 0 Å². The Morgan fingerprint density at radius 3 is 2.56 bits per heavy atom. The summed E-state index contributed by atoms with van der Waals surface area (Å²) >= 11 is 1.47. The van der Waals surface area contributed by atoms with E-state index in [0.29, 0.717) is 5.75 Å². The molecule has 0 spiro atoms. The first kappa shape index (κ1) is 12.8. The molecule has 0 fully saturated rings. The molecule has 1 heterocycles. The number of benzene rings is 1. The third-order valence-electron chi connectivity index (χ3n) is 2.67. The van der Waals surface area contributed by atoms with Crippen LogP contribution in [0.5, 0.6) is 0 Å². The highest BCUT2D eigenvalue weighted by Gasteiger charge is 2.06. The van der Waals surface area contributed by atoms with Crippen molar-refractivity contribution in [3.63, 3.8) is 0 Å². The van der Waals surface area contributed by atoms with Gasteiger partial charge >= 0.3 is 0 Å². The molecule has 0 saturated carbocycles. The predicted octanol–water partition coefficient (Wildman–Crippen LogP) is 3.62. The maximum atomic E-state index is 12.0. The topological polar surface area (TPSA) is 30.0 Å². The van der Waals surface area contributed by atoms with Gasteiger partial charge in [0.1, 0.15) is 0 Å². The zero-order valence-electron chi connectivity index (χ0n) is 10.3. The van der Waals surface area contributed by atoms with Gasteiger partial charge in [0.25, 0.3) is 0 Å². The van der Waals surface area contributed by atoms with Crippen LogP contribution in [-0.2, 0) is 6.42 Å². The Balaban J connectivity index is 1.95. The third kappa shape index (κ3) is 3.44. The zero-order valence-corrected chi connectivity index (χ0v) is 11.1. The lowest BCUT2D eigenvalue weighted by Crippen LogP contribution is -2.02. The van der Waals surface area contributed by atoms with Crippen molar-refractivity contribution in [2.75, 3.05) is 5.75 Å². The monoisotopic (exact) mass is 257 g/mol. The molecule has 0 aliphatic heterocycles. The Morgan fingerprint density at radius 2 is 1.94 bits per heavy atom. The fourth-order valence-corrected chi connectivity index (χ4v) is 2.34. The van der Waals surface area contributed by atoms with Crippen molar-refractivity contribution in [3.05, 3.63) is 59.8 Å². The normalized spacial score (nSPS) is 10.3. The minimum Gasteiger partial charge on any atom is -0.293 e. The number of carbonyl (C=O) groups excluding carboxylic acids is 1. The van der Waals surface area contributed by atoms with Crippen LogP contribution >= 0.6 is 11.8 Å². The van der Waals surface area contributed by atoms with Gasteiger partial charge in [0, 0.05) is 11.8 Å². The molecule has 2 aromatic rings. The number of Topliss-reactive ketones (excluding diaryl/α,β-unsaturated/α-hetero) is 1. The second kappa shape index (κ2) is 6.36. The van der Waals surface area contributed by atoms with Crippen molar-refractivity contribution >= 4 is 17.5 Å². The van der Waals surface area contributed by atoms with Gasteiger partial charge in [-0.05, 0) is 24.1 Å². The number of nitrogens with zero attached hydrogens (tertiary/aromatic N) is 1. The Morgan fingerprint density at radius 1 is 1.17 bits per heavy atom. The second-order valence-electron chi connectivity index (χ2n) is 3.93. The fraction of sp³-hybridized carbons (Fsp3) is 0.200. The number of hydrogen-bond donors (Lipinski definition) is 0. The average molecular weight is 257 g/mol. The van der Waals surface area contributed by atoms with Gasteiger partial charge in [-0.1, -0.05) is 49.0 Å². The number of carbonyl (C=O) groups is 1. The molecule has 1 aromatic carbocycles. The van der Waals surface area contributed by atoms with E-state index in [4.69, 9.17) is 0 Å². The van der Waals surface area contributed by atoms with Gasteiger partial charge in [0.15, 0.2) is 5.78 Å². The van der Waals surface area contributed by atoms with E-state index >= 15 is 0 Å². The quantitative estimate of drug-likeness (QED) is 0.605. The lowest BCUT2D eigenvalue weighted by Gasteiger charge is -2.02. The Hall–Kier alpha value is -1.61.